The normalized spacial score (nSPS) is 17.8. The van der Waals surface area contributed by atoms with E-state index in [1.54, 1.807) is 0 Å². The molecular weight excluding hydrogens is 308 g/mol. The maximum absolute atomic E-state index is 11.6. The van der Waals surface area contributed by atoms with Crippen LogP contribution in [0.1, 0.15) is 84.5 Å². The van der Waals surface area contributed by atoms with Crippen molar-refractivity contribution < 1.29 is 24.5 Å². The number of hydrogen-bond donors (Lipinski definition) is 2. The Kier molecular flexibility index (Phi) is 8.20. The smallest absolute Gasteiger partial charge is 0.311 e. The van der Waals surface area contributed by atoms with Crippen LogP contribution in [0.25, 0.3) is 0 Å². The Hall–Kier alpha value is -1.10. The molecular formula is C19H34O5. The van der Waals surface area contributed by atoms with Crippen molar-refractivity contribution in [3.05, 3.63) is 0 Å². The van der Waals surface area contributed by atoms with Crippen molar-refractivity contribution in [2.75, 3.05) is 7.11 Å². The van der Waals surface area contributed by atoms with Gasteiger partial charge >= 0.3 is 11.9 Å². The molecule has 140 valence electrons. The number of ether oxygens (including phenoxy) is 1. The van der Waals surface area contributed by atoms with E-state index in [0.29, 0.717) is 0 Å². The van der Waals surface area contributed by atoms with Gasteiger partial charge in [-0.3, -0.25) is 9.59 Å². The lowest BCUT2D eigenvalue weighted by Crippen LogP contribution is -2.37. The molecule has 1 aliphatic rings. The predicted octanol–water partition coefficient (Wildman–Crippen LogP) is 3.92. The summed E-state index contributed by atoms with van der Waals surface area (Å²) in [5, 5.41) is 19.3. The van der Waals surface area contributed by atoms with Crippen molar-refractivity contribution in [2.24, 2.45) is 10.8 Å². The zero-order valence-corrected chi connectivity index (χ0v) is 15.5. The van der Waals surface area contributed by atoms with E-state index in [1.807, 2.05) is 13.8 Å². The molecule has 0 radical (unpaired) electrons. The Balaban J connectivity index is 2.09. The van der Waals surface area contributed by atoms with E-state index < -0.39 is 16.8 Å². The lowest BCUT2D eigenvalue weighted by molar-refractivity contribution is -0.155. The zero-order chi connectivity index (χ0) is 18.2. The fourth-order valence-electron chi connectivity index (χ4n) is 3.49. The van der Waals surface area contributed by atoms with Gasteiger partial charge in [-0.1, -0.05) is 32.1 Å². The quantitative estimate of drug-likeness (QED) is 0.415. The van der Waals surface area contributed by atoms with Gasteiger partial charge in [-0.2, -0.15) is 0 Å². The predicted molar refractivity (Wildman–Crippen MR) is 92.7 cm³/mol. The first kappa shape index (κ1) is 20.9. The standard InChI is InChI=1S/C19H34O5/c1-18(2,17(23)24-3)11-6-4-9-15(20)10-5-7-12-19(16(21)22)13-8-14-19/h15,20H,4-14H2,1-3H3,(H,21,22). The fraction of sp³-hybridized carbons (Fsp3) is 0.895. The van der Waals surface area contributed by atoms with Gasteiger partial charge in [0.15, 0.2) is 0 Å². The van der Waals surface area contributed by atoms with Crippen LogP contribution in [0.2, 0.25) is 0 Å². The van der Waals surface area contributed by atoms with Gasteiger partial charge in [-0.05, 0) is 52.4 Å². The summed E-state index contributed by atoms with van der Waals surface area (Å²) in [5.41, 5.74) is -0.932. The van der Waals surface area contributed by atoms with E-state index in [2.05, 4.69) is 0 Å². The highest BCUT2D eigenvalue weighted by atomic mass is 16.5. The van der Waals surface area contributed by atoms with Crippen LogP contribution in [0.15, 0.2) is 0 Å². The molecule has 24 heavy (non-hydrogen) atoms. The van der Waals surface area contributed by atoms with Crippen molar-refractivity contribution in [1.29, 1.82) is 0 Å². The topological polar surface area (TPSA) is 83.8 Å². The van der Waals surface area contributed by atoms with Crippen LogP contribution < -0.4 is 0 Å². The first-order valence-electron chi connectivity index (χ1n) is 9.23. The van der Waals surface area contributed by atoms with Crippen LogP contribution in [0.3, 0.4) is 0 Å². The molecule has 0 aromatic heterocycles. The van der Waals surface area contributed by atoms with Gasteiger partial charge in [-0.25, -0.2) is 0 Å². The minimum atomic E-state index is -0.650. The number of hydrogen-bond acceptors (Lipinski definition) is 4. The van der Waals surface area contributed by atoms with E-state index in [-0.39, 0.29) is 12.1 Å². The Labute approximate surface area is 145 Å². The van der Waals surface area contributed by atoms with Gasteiger partial charge < -0.3 is 14.9 Å². The molecule has 1 unspecified atom stereocenters. The second kappa shape index (κ2) is 9.40. The molecule has 0 bridgehead atoms. The third-order valence-corrected chi connectivity index (χ3v) is 5.53. The van der Waals surface area contributed by atoms with Crippen molar-refractivity contribution in [3.63, 3.8) is 0 Å². The number of carbonyl (C=O) groups is 2. The van der Waals surface area contributed by atoms with Crippen LogP contribution in [0, 0.1) is 10.8 Å². The highest BCUT2D eigenvalue weighted by Crippen LogP contribution is 2.45. The zero-order valence-electron chi connectivity index (χ0n) is 15.5. The molecule has 1 aliphatic carbocycles. The van der Waals surface area contributed by atoms with Crippen LogP contribution in [-0.2, 0) is 14.3 Å². The Bertz CT molecular complexity index is 412. The maximum atomic E-state index is 11.6. The fourth-order valence-corrected chi connectivity index (χ4v) is 3.49. The number of aliphatic hydroxyl groups excluding tert-OH is 1. The van der Waals surface area contributed by atoms with Crippen molar-refractivity contribution in [1.82, 2.24) is 0 Å². The van der Waals surface area contributed by atoms with E-state index in [4.69, 9.17) is 4.74 Å². The molecule has 5 heteroatoms. The first-order valence-corrected chi connectivity index (χ1v) is 9.23. The average molecular weight is 342 g/mol. The van der Waals surface area contributed by atoms with Gasteiger partial charge in [-0.15, -0.1) is 0 Å². The number of carboxylic acid groups (broad SMARTS) is 1. The molecule has 1 saturated carbocycles. The van der Waals surface area contributed by atoms with Crippen LogP contribution in [0.5, 0.6) is 0 Å². The Morgan fingerprint density at radius 2 is 1.71 bits per heavy atom. The molecule has 1 atom stereocenters. The van der Waals surface area contributed by atoms with Gasteiger partial charge in [0.05, 0.1) is 24.0 Å². The van der Waals surface area contributed by atoms with E-state index in [1.165, 1.54) is 7.11 Å². The van der Waals surface area contributed by atoms with E-state index >= 15 is 0 Å². The number of aliphatic carboxylic acids is 1. The summed E-state index contributed by atoms with van der Waals surface area (Å²) in [5.74, 6) is -0.839. The number of carboxylic acids is 1. The number of methoxy groups -OCH3 is 1. The van der Waals surface area contributed by atoms with Crippen LogP contribution >= 0.6 is 0 Å². The second-order valence-corrected chi connectivity index (χ2v) is 7.96. The molecule has 0 aromatic rings. The summed E-state index contributed by atoms with van der Waals surface area (Å²) in [6.45, 7) is 3.77. The summed E-state index contributed by atoms with van der Waals surface area (Å²) in [7, 11) is 1.41. The monoisotopic (exact) mass is 342 g/mol. The highest BCUT2D eigenvalue weighted by Gasteiger charge is 2.43. The molecule has 0 spiro atoms. The van der Waals surface area contributed by atoms with E-state index in [0.717, 1.165) is 70.6 Å². The molecule has 0 aliphatic heterocycles. The van der Waals surface area contributed by atoms with Crippen molar-refractivity contribution in [2.45, 2.75) is 90.6 Å². The number of esters is 1. The lowest BCUT2D eigenvalue weighted by atomic mass is 9.66. The van der Waals surface area contributed by atoms with Crippen molar-refractivity contribution in [3.8, 4) is 0 Å². The molecule has 5 nitrogen and oxygen atoms in total. The van der Waals surface area contributed by atoms with Gasteiger partial charge in [0, 0.05) is 0 Å². The summed E-state index contributed by atoms with van der Waals surface area (Å²) >= 11 is 0. The molecule has 2 N–H and O–H groups in total. The molecule has 1 fully saturated rings. The number of carbonyl (C=O) groups excluding carboxylic acids is 1. The minimum Gasteiger partial charge on any atom is -0.481 e. The first-order chi connectivity index (χ1) is 11.2. The highest BCUT2D eigenvalue weighted by molar-refractivity contribution is 5.76. The Morgan fingerprint density at radius 3 is 2.17 bits per heavy atom. The van der Waals surface area contributed by atoms with Gasteiger partial charge in [0.25, 0.3) is 0 Å². The van der Waals surface area contributed by atoms with E-state index in [9.17, 15) is 19.8 Å². The van der Waals surface area contributed by atoms with Crippen molar-refractivity contribution >= 4 is 11.9 Å². The van der Waals surface area contributed by atoms with Crippen LogP contribution in [-0.4, -0.2) is 35.4 Å². The average Bonchev–Trinajstić information content (AvgIpc) is 2.48. The summed E-state index contributed by atoms with van der Waals surface area (Å²) in [6.07, 6.45) is 8.81. The van der Waals surface area contributed by atoms with Gasteiger partial charge in [0.1, 0.15) is 0 Å². The number of unbranched alkanes of at least 4 members (excludes halogenated alkanes) is 2. The molecule has 1 rings (SSSR count). The third kappa shape index (κ3) is 6.08. The molecule has 0 saturated heterocycles. The minimum absolute atomic E-state index is 0.189. The largest absolute Gasteiger partial charge is 0.481 e. The Morgan fingerprint density at radius 1 is 1.12 bits per heavy atom. The lowest BCUT2D eigenvalue weighted by Gasteiger charge is -2.37. The second-order valence-electron chi connectivity index (χ2n) is 7.96. The summed E-state index contributed by atoms with van der Waals surface area (Å²) < 4.78 is 4.79. The third-order valence-electron chi connectivity index (χ3n) is 5.53. The molecule has 0 amide bonds. The van der Waals surface area contributed by atoms with Crippen LogP contribution in [0.4, 0.5) is 0 Å². The molecule has 0 heterocycles. The SMILES string of the molecule is COC(=O)C(C)(C)CCCCC(O)CCCCC1(C(=O)O)CCC1. The molecule has 0 aromatic carbocycles. The summed E-state index contributed by atoms with van der Waals surface area (Å²) in [6, 6.07) is 0. The number of rotatable bonds is 12. The number of aliphatic hydroxyl groups is 1. The summed E-state index contributed by atoms with van der Waals surface area (Å²) in [4.78, 5) is 22.9. The van der Waals surface area contributed by atoms with Gasteiger partial charge in [0.2, 0.25) is 0 Å². The maximum Gasteiger partial charge on any atom is 0.311 e.